The average Bonchev–Trinajstić information content (AvgIpc) is 2.00. The Morgan fingerprint density at radius 3 is 2.23 bits per heavy atom. The first kappa shape index (κ1) is 13.7. The van der Waals surface area contributed by atoms with Gasteiger partial charge in [-0.3, -0.25) is 0 Å². The van der Waals surface area contributed by atoms with Crippen LogP contribution in [0.4, 0.5) is 0 Å². The number of hydrogen-bond donors (Lipinski definition) is 1. The molecule has 0 rings (SSSR count). The molecule has 2 nitrogen and oxygen atoms in total. The van der Waals surface area contributed by atoms with Gasteiger partial charge in [0.15, 0.2) is 0 Å². The van der Waals surface area contributed by atoms with Crippen LogP contribution < -0.4 is 5.73 Å². The summed E-state index contributed by atoms with van der Waals surface area (Å²) in [4.78, 5) is 0. The minimum absolute atomic E-state index is 0.364. The Kier molecular flexibility index (Phi) is 8.51. The Hall–Kier alpha value is 0.719. The van der Waals surface area contributed by atoms with Crippen molar-refractivity contribution in [2.24, 2.45) is 5.73 Å². The molecule has 0 saturated carbocycles. The predicted molar refractivity (Wildman–Crippen MR) is 58.9 cm³/mol. The predicted octanol–water partition coefficient (Wildman–Crippen LogP) is 2.36. The second kappa shape index (κ2) is 8.06. The van der Waals surface area contributed by atoms with Gasteiger partial charge in [0.2, 0.25) is 0 Å². The van der Waals surface area contributed by atoms with Crippen LogP contribution in [-0.4, -0.2) is 33.7 Å². The molecule has 0 aromatic rings. The summed E-state index contributed by atoms with van der Waals surface area (Å²) in [5.74, 6) is 0. The zero-order chi connectivity index (χ0) is 10.3. The molecule has 0 spiro atoms. The van der Waals surface area contributed by atoms with Crippen LogP contribution in [0.1, 0.15) is 47.0 Å². The Labute approximate surface area is 93.4 Å². The van der Waals surface area contributed by atoms with Crippen molar-refractivity contribution >= 4 is 21.6 Å². The van der Waals surface area contributed by atoms with Crippen LogP contribution in [0.15, 0.2) is 0 Å². The zero-order valence-electron chi connectivity index (χ0n) is 9.34. The molecule has 0 aliphatic heterocycles. The fraction of sp³-hybridized carbons (Fsp3) is 1.00. The molecular weight excluding hydrogens is 269 g/mol. The topological polar surface area (TPSA) is 35.2 Å². The van der Waals surface area contributed by atoms with E-state index in [-0.39, 0.29) is 0 Å². The monoisotopic (exact) mass is 293 g/mol. The molecule has 3 heteroatoms. The number of nitrogens with two attached hydrogens (primary N) is 1. The SMILES string of the molecule is CC(N)CCC[CH](C)[Sn][O]C(C)C. The molecule has 13 heavy (non-hydrogen) atoms. The molecule has 0 aliphatic carbocycles. The van der Waals surface area contributed by atoms with Crippen molar-refractivity contribution in [1.29, 1.82) is 0 Å². The van der Waals surface area contributed by atoms with Gasteiger partial charge in [0.25, 0.3) is 0 Å². The molecule has 0 fully saturated rings. The van der Waals surface area contributed by atoms with E-state index < -0.39 is 21.6 Å². The molecule has 0 aliphatic rings. The van der Waals surface area contributed by atoms with Gasteiger partial charge in [-0.05, 0) is 0 Å². The Morgan fingerprint density at radius 1 is 1.15 bits per heavy atom. The third-order valence-electron chi connectivity index (χ3n) is 1.80. The second-order valence-corrected chi connectivity index (χ2v) is 8.25. The van der Waals surface area contributed by atoms with Gasteiger partial charge in [-0.15, -0.1) is 0 Å². The minimum atomic E-state index is -0.562. The summed E-state index contributed by atoms with van der Waals surface area (Å²) in [6, 6.07) is 0.364. The van der Waals surface area contributed by atoms with E-state index in [4.69, 9.17) is 8.81 Å². The van der Waals surface area contributed by atoms with E-state index in [1.807, 2.05) is 0 Å². The van der Waals surface area contributed by atoms with Crippen molar-refractivity contribution in [1.82, 2.24) is 0 Å². The first-order valence-corrected chi connectivity index (χ1v) is 8.00. The normalized spacial score (nSPS) is 16.2. The molecule has 2 atom stereocenters. The van der Waals surface area contributed by atoms with Crippen LogP contribution in [-0.2, 0) is 3.07 Å². The third-order valence-corrected chi connectivity index (χ3v) is 5.51. The van der Waals surface area contributed by atoms with Gasteiger partial charge in [-0.1, -0.05) is 0 Å². The van der Waals surface area contributed by atoms with Crippen molar-refractivity contribution in [3.63, 3.8) is 0 Å². The van der Waals surface area contributed by atoms with Crippen molar-refractivity contribution in [2.45, 2.75) is 63.0 Å². The van der Waals surface area contributed by atoms with E-state index in [9.17, 15) is 0 Å². The Morgan fingerprint density at radius 2 is 1.77 bits per heavy atom. The summed E-state index contributed by atoms with van der Waals surface area (Å²) in [6.45, 7) is 8.63. The summed E-state index contributed by atoms with van der Waals surface area (Å²) < 4.78 is 6.54. The van der Waals surface area contributed by atoms with Crippen molar-refractivity contribution in [3.05, 3.63) is 0 Å². The van der Waals surface area contributed by atoms with Gasteiger partial charge in [0, 0.05) is 0 Å². The van der Waals surface area contributed by atoms with E-state index in [0.717, 1.165) is 10.4 Å². The summed E-state index contributed by atoms with van der Waals surface area (Å²) >= 11 is -0.562. The summed E-state index contributed by atoms with van der Waals surface area (Å²) in [7, 11) is 0. The molecule has 0 aromatic heterocycles. The maximum atomic E-state index is 5.70. The third kappa shape index (κ3) is 10.6. The van der Waals surface area contributed by atoms with Gasteiger partial charge in [0.1, 0.15) is 0 Å². The molecule has 0 amide bonds. The van der Waals surface area contributed by atoms with Crippen LogP contribution in [0.3, 0.4) is 0 Å². The second-order valence-electron chi connectivity index (χ2n) is 4.09. The summed E-state index contributed by atoms with van der Waals surface area (Å²) in [5, 5.41) is 0. The fourth-order valence-corrected chi connectivity index (χ4v) is 3.42. The van der Waals surface area contributed by atoms with Gasteiger partial charge in [-0.2, -0.15) is 0 Å². The fourth-order valence-electron chi connectivity index (χ4n) is 1.06. The summed E-state index contributed by atoms with van der Waals surface area (Å²) in [6.07, 6.45) is 4.16. The quantitative estimate of drug-likeness (QED) is 0.731. The molecule has 0 bridgehead atoms. The molecule has 2 N–H and O–H groups in total. The molecule has 2 radical (unpaired) electrons. The Bertz CT molecular complexity index is 117. The van der Waals surface area contributed by atoms with Crippen LogP contribution in [0.25, 0.3) is 0 Å². The van der Waals surface area contributed by atoms with Crippen molar-refractivity contribution < 1.29 is 3.07 Å². The maximum absolute atomic E-state index is 5.70. The molecule has 0 heterocycles. The van der Waals surface area contributed by atoms with Gasteiger partial charge in [-0.25, -0.2) is 0 Å². The van der Waals surface area contributed by atoms with Gasteiger partial charge >= 0.3 is 93.4 Å². The van der Waals surface area contributed by atoms with E-state index in [0.29, 0.717) is 12.1 Å². The van der Waals surface area contributed by atoms with E-state index >= 15 is 0 Å². The molecule has 0 saturated heterocycles. The van der Waals surface area contributed by atoms with Crippen LogP contribution in [0.2, 0.25) is 3.93 Å². The standard InChI is InChI=1S/C7H16N.C3H7O.Sn/c1-3-4-5-6-7(2)8;1-3(2)4;/h3,7H,4-6,8H2,1-2H3;3H,1-2H3;/q;-1;+1. The van der Waals surface area contributed by atoms with Crippen LogP contribution in [0.5, 0.6) is 0 Å². The van der Waals surface area contributed by atoms with Crippen molar-refractivity contribution in [3.8, 4) is 0 Å². The van der Waals surface area contributed by atoms with E-state index in [1.165, 1.54) is 12.8 Å². The van der Waals surface area contributed by atoms with Gasteiger partial charge < -0.3 is 0 Å². The van der Waals surface area contributed by atoms with Gasteiger partial charge in [0.05, 0.1) is 0 Å². The first-order valence-electron chi connectivity index (χ1n) is 5.19. The van der Waals surface area contributed by atoms with Crippen LogP contribution >= 0.6 is 0 Å². The number of hydrogen-bond acceptors (Lipinski definition) is 2. The molecule has 0 aromatic carbocycles. The van der Waals surface area contributed by atoms with Crippen LogP contribution in [0, 0.1) is 0 Å². The Balaban J connectivity index is 3.25. The van der Waals surface area contributed by atoms with E-state index in [1.54, 1.807) is 0 Å². The summed E-state index contributed by atoms with van der Waals surface area (Å²) in [5.41, 5.74) is 5.68. The molecule has 78 valence electrons. The molecular formula is C10H23NOSn. The average molecular weight is 292 g/mol. The molecule has 2 unspecified atom stereocenters. The zero-order valence-corrected chi connectivity index (χ0v) is 12.2. The van der Waals surface area contributed by atoms with E-state index in [2.05, 4.69) is 27.7 Å². The number of rotatable bonds is 7. The van der Waals surface area contributed by atoms with Crippen molar-refractivity contribution in [2.75, 3.05) is 0 Å². The first-order chi connectivity index (χ1) is 6.02.